The fraction of sp³-hybridized carbons (Fsp3) is 0.722. The predicted molar refractivity (Wildman–Crippen MR) is 102 cm³/mol. The Morgan fingerprint density at radius 3 is 2.52 bits per heavy atom. The molecule has 1 aromatic heterocycles. The molecular formula is C18H28N2O3S2. The van der Waals surface area contributed by atoms with Crippen LogP contribution in [0.1, 0.15) is 46.8 Å². The molecule has 0 bridgehead atoms. The standard InChI is InChI=1S/C18H28N2O3S2/c1-3-5-16-14(4-2)12-17(24-16)18(21)20-9-7-19(8-10-20)15-6-11-25(22,23)13-15/h12,15H,3-11,13H2,1-2H3. The van der Waals surface area contributed by atoms with E-state index < -0.39 is 9.84 Å². The highest BCUT2D eigenvalue weighted by molar-refractivity contribution is 7.91. The van der Waals surface area contributed by atoms with Gasteiger partial charge in [-0.3, -0.25) is 9.69 Å². The van der Waals surface area contributed by atoms with E-state index in [1.165, 1.54) is 10.4 Å². The topological polar surface area (TPSA) is 57.7 Å². The highest BCUT2D eigenvalue weighted by Crippen LogP contribution is 2.27. The summed E-state index contributed by atoms with van der Waals surface area (Å²) in [5.41, 5.74) is 1.31. The molecule has 7 heteroatoms. The number of carbonyl (C=O) groups excluding carboxylic acids is 1. The second-order valence-corrected chi connectivity index (χ2v) is 10.4. The first-order valence-electron chi connectivity index (χ1n) is 9.28. The van der Waals surface area contributed by atoms with E-state index in [0.29, 0.717) is 18.8 Å². The molecule has 5 nitrogen and oxygen atoms in total. The highest BCUT2D eigenvalue weighted by Gasteiger charge is 2.34. The molecule has 1 unspecified atom stereocenters. The van der Waals surface area contributed by atoms with Crippen molar-refractivity contribution < 1.29 is 13.2 Å². The molecule has 1 atom stereocenters. The van der Waals surface area contributed by atoms with Gasteiger partial charge in [0, 0.05) is 37.1 Å². The average molecular weight is 385 g/mol. The Balaban J connectivity index is 1.60. The van der Waals surface area contributed by atoms with E-state index in [0.717, 1.165) is 43.6 Å². The maximum Gasteiger partial charge on any atom is 0.264 e. The molecule has 3 rings (SSSR count). The van der Waals surface area contributed by atoms with E-state index in [1.807, 2.05) is 4.90 Å². The van der Waals surface area contributed by atoms with Gasteiger partial charge >= 0.3 is 0 Å². The molecule has 0 saturated carbocycles. The highest BCUT2D eigenvalue weighted by atomic mass is 32.2. The summed E-state index contributed by atoms with van der Waals surface area (Å²) in [6, 6.07) is 2.22. The van der Waals surface area contributed by atoms with Gasteiger partial charge in [0.1, 0.15) is 0 Å². The van der Waals surface area contributed by atoms with Gasteiger partial charge in [-0.25, -0.2) is 8.42 Å². The number of hydrogen-bond acceptors (Lipinski definition) is 5. The Kier molecular flexibility index (Phi) is 5.85. The van der Waals surface area contributed by atoms with Gasteiger partial charge in [-0.1, -0.05) is 20.3 Å². The zero-order valence-electron chi connectivity index (χ0n) is 15.2. The van der Waals surface area contributed by atoms with Crippen LogP contribution in [-0.2, 0) is 22.7 Å². The molecule has 0 aliphatic carbocycles. The van der Waals surface area contributed by atoms with E-state index in [4.69, 9.17) is 0 Å². The lowest BCUT2D eigenvalue weighted by Crippen LogP contribution is -2.52. The maximum atomic E-state index is 12.8. The molecule has 2 aliphatic heterocycles. The second-order valence-electron chi connectivity index (χ2n) is 7.05. The molecule has 0 aromatic carbocycles. The minimum Gasteiger partial charge on any atom is -0.335 e. The van der Waals surface area contributed by atoms with E-state index in [9.17, 15) is 13.2 Å². The summed E-state index contributed by atoms with van der Waals surface area (Å²) in [5.74, 6) is 0.735. The van der Waals surface area contributed by atoms with Crippen LogP contribution in [0.25, 0.3) is 0 Å². The predicted octanol–water partition coefficient (Wildman–Crippen LogP) is 2.21. The molecule has 2 fully saturated rings. The fourth-order valence-corrected chi connectivity index (χ4v) is 6.90. The van der Waals surface area contributed by atoms with Crippen molar-refractivity contribution in [1.82, 2.24) is 9.80 Å². The van der Waals surface area contributed by atoms with Gasteiger partial charge < -0.3 is 4.90 Å². The van der Waals surface area contributed by atoms with Gasteiger partial charge in [-0.15, -0.1) is 11.3 Å². The van der Waals surface area contributed by atoms with Gasteiger partial charge in [-0.2, -0.15) is 0 Å². The number of carbonyl (C=O) groups is 1. The minimum atomic E-state index is -2.85. The molecule has 1 aromatic rings. The number of hydrogen-bond donors (Lipinski definition) is 0. The SMILES string of the molecule is CCCc1sc(C(=O)N2CCN(C3CCS(=O)(=O)C3)CC2)cc1CC. The van der Waals surface area contributed by atoms with Crippen molar-refractivity contribution in [2.24, 2.45) is 0 Å². The van der Waals surface area contributed by atoms with Crippen molar-refractivity contribution >= 4 is 27.1 Å². The van der Waals surface area contributed by atoms with Crippen LogP contribution >= 0.6 is 11.3 Å². The summed E-state index contributed by atoms with van der Waals surface area (Å²) in [4.78, 5) is 19.2. The normalized spacial score (nSPS) is 23.9. The van der Waals surface area contributed by atoms with Crippen LogP contribution in [0.15, 0.2) is 6.07 Å². The maximum absolute atomic E-state index is 12.8. The van der Waals surface area contributed by atoms with Gasteiger partial charge in [0.25, 0.3) is 5.91 Å². The molecule has 0 N–H and O–H groups in total. The van der Waals surface area contributed by atoms with Crippen LogP contribution < -0.4 is 0 Å². The van der Waals surface area contributed by atoms with Crippen molar-refractivity contribution in [1.29, 1.82) is 0 Å². The lowest BCUT2D eigenvalue weighted by atomic mass is 10.1. The Bertz CT molecular complexity index is 719. The quantitative estimate of drug-likeness (QED) is 0.781. The van der Waals surface area contributed by atoms with Crippen LogP contribution in [0, 0.1) is 0 Å². The Morgan fingerprint density at radius 2 is 1.96 bits per heavy atom. The van der Waals surface area contributed by atoms with E-state index >= 15 is 0 Å². The van der Waals surface area contributed by atoms with Crippen LogP contribution in [0.2, 0.25) is 0 Å². The van der Waals surface area contributed by atoms with Gasteiger partial charge in [0.05, 0.1) is 16.4 Å². The lowest BCUT2D eigenvalue weighted by Gasteiger charge is -2.37. The van der Waals surface area contributed by atoms with Gasteiger partial charge in [0.15, 0.2) is 9.84 Å². The molecule has 2 saturated heterocycles. The third-order valence-corrected chi connectivity index (χ3v) is 8.27. The van der Waals surface area contributed by atoms with Crippen LogP contribution in [-0.4, -0.2) is 67.9 Å². The number of sulfone groups is 1. The molecule has 3 heterocycles. The Morgan fingerprint density at radius 1 is 1.24 bits per heavy atom. The molecule has 1 amide bonds. The Labute approximate surface area is 154 Å². The average Bonchev–Trinajstić information content (AvgIpc) is 3.17. The number of thiophene rings is 1. The summed E-state index contributed by atoms with van der Waals surface area (Å²) in [6.45, 7) is 7.25. The Hall–Kier alpha value is -0.920. The van der Waals surface area contributed by atoms with Crippen molar-refractivity contribution in [3.63, 3.8) is 0 Å². The van der Waals surface area contributed by atoms with Crippen molar-refractivity contribution in [2.45, 2.75) is 45.6 Å². The van der Waals surface area contributed by atoms with Crippen molar-refractivity contribution in [3.05, 3.63) is 21.4 Å². The van der Waals surface area contributed by atoms with Crippen LogP contribution in [0.5, 0.6) is 0 Å². The summed E-state index contributed by atoms with van der Waals surface area (Å²) in [5, 5.41) is 0. The number of nitrogens with zero attached hydrogens (tertiary/aromatic N) is 2. The van der Waals surface area contributed by atoms with E-state index in [1.54, 1.807) is 11.3 Å². The van der Waals surface area contributed by atoms with E-state index in [2.05, 4.69) is 24.8 Å². The van der Waals surface area contributed by atoms with E-state index in [-0.39, 0.29) is 17.7 Å². The zero-order chi connectivity index (χ0) is 18.0. The molecular weight excluding hydrogens is 356 g/mol. The summed E-state index contributed by atoms with van der Waals surface area (Å²) in [6.07, 6.45) is 3.86. The molecule has 140 valence electrons. The number of amides is 1. The monoisotopic (exact) mass is 384 g/mol. The smallest absolute Gasteiger partial charge is 0.264 e. The molecule has 0 spiro atoms. The summed E-state index contributed by atoms with van der Waals surface area (Å²) >= 11 is 1.65. The zero-order valence-corrected chi connectivity index (χ0v) is 16.8. The first kappa shape index (κ1) is 18.9. The molecule has 0 radical (unpaired) electrons. The van der Waals surface area contributed by atoms with Gasteiger partial charge in [-0.05, 0) is 30.9 Å². The minimum absolute atomic E-state index is 0.140. The summed E-state index contributed by atoms with van der Waals surface area (Å²) < 4.78 is 23.3. The lowest BCUT2D eigenvalue weighted by molar-refractivity contribution is 0.0592. The summed E-state index contributed by atoms with van der Waals surface area (Å²) in [7, 11) is -2.85. The number of aryl methyl sites for hydroxylation is 2. The molecule has 25 heavy (non-hydrogen) atoms. The first-order chi connectivity index (χ1) is 11.9. The fourth-order valence-electron chi connectivity index (χ4n) is 3.82. The number of rotatable bonds is 5. The first-order valence-corrected chi connectivity index (χ1v) is 11.9. The van der Waals surface area contributed by atoms with Crippen molar-refractivity contribution in [2.75, 3.05) is 37.7 Å². The number of piperazine rings is 1. The van der Waals surface area contributed by atoms with Gasteiger partial charge in [0.2, 0.25) is 0 Å². The second kappa shape index (κ2) is 7.76. The third-order valence-electron chi connectivity index (χ3n) is 5.29. The van der Waals surface area contributed by atoms with Crippen molar-refractivity contribution in [3.8, 4) is 0 Å². The third kappa shape index (κ3) is 4.26. The van der Waals surface area contributed by atoms with Crippen LogP contribution in [0.4, 0.5) is 0 Å². The molecule has 2 aliphatic rings. The largest absolute Gasteiger partial charge is 0.335 e. The van der Waals surface area contributed by atoms with Crippen LogP contribution in [0.3, 0.4) is 0 Å².